The molecule has 2 aliphatic rings. The van der Waals surface area contributed by atoms with Gasteiger partial charge in [-0.05, 0) is 43.9 Å². The van der Waals surface area contributed by atoms with E-state index in [1.807, 2.05) is 16.8 Å². The van der Waals surface area contributed by atoms with Crippen LogP contribution in [-0.4, -0.2) is 30.5 Å². The average molecular weight is 444 g/mol. The van der Waals surface area contributed by atoms with Crippen LogP contribution in [-0.2, 0) is 19.8 Å². The standard InChI is InChI=1S/C22H23F3N6O/c1-30-19(12-20(29-30)22(23,24)25)21(32)27-15-6-3-9-31-18(15)11-17(28-31)14-7-8-26-16(10-14)13-4-2-5-13/h7-8,10-13,15H,2-6,9H2,1H3,(H,27,32)/t15-/m1/s1. The predicted octanol–water partition coefficient (Wildman–Crippen LogP) is 4.23. The molecule has 0 aromatic carbocycles. The molecule has 0 spiro atoms. The Morgan fingerprint density at radius 2 is 1.94 bits per heavy atom. The minimum atomic E-state index is -4.60. The average Bonchev–Trinajstić information content (AvgIpc) is 3.31. The van der Waals surface area contributed by atoms with Crippen LogP contribution in [0.5, 0.6) is 0 Å². The molecule has 1 fully saturated rings. The van der Waals surface area contributed by atoms with E-state index in [1.165, 1.54) is 13.5 Å². The van der Waals surface area contributed by atoms with Gasteiger partial charge in [0.15, 0.2) is 5.69 Å². The van der Waals surface area contributed by atoms with Crippen LogP contribution in [0.4, 0.5) is 13.2 Å². The number of pyridine rings is 1. The first-order valence-electron chi connectivity index (χ1n) is 10.8. The summed E-state index contributed by atoms with van der Waals surface area (Å²) in [6.45, 7) is 0.728. The summed E-state index contributed by atoms with van der Waals surface area (Å²) in [7, 11) is 1.33. The van der Waals surface area contributed by atoms with Crippen molar-refractivity contribution < 1.29 is 18.0 Å². The monoisotopic (exact) mass is 444 g/mol. The number of rotatable bonds is 4. The summed E-state index contributed by atoms with van der Waals surface area (Å²) in [6, 6.07) is 6.40. The fraction of sp³-hybridized carbons (Fsp3) is 0.455. The molecule has 1 atom stereocenters. The van der Waals surface area contributed by atoms with E-state index in [0.717, 1.165) is 59.2 Å². The molecule has 4 heterocycles. The van der Waals surface area contributed by atoms with Gasteiger partial charge in [-0.25, -0.2) is 0 Å². The number of alkyl halides is 3. The Hall–Kier alpha value is -3.17. The molecule has 32 heavy (non-hydrogen) atoms. The number of hydrogen-bond donors (Lipinski definition) is 1. The van der Waals surface area contributed by atoms with Gasteiger partial charge in [0.05, 0.1) is 17.4 Å². The lowest BCUT2D eigenvalue weighted by Crippen LogP contribution is -2.33. The lowest BCUT2D eigenvalue weighted by molar-refractivity contribution is -0.141. The number of carbonyl (C=O) groups is 1. The molecule has 0 radical (unpaired) electrons. The molecular formula is C22H23F3N6O. The molecule has 1 amide bonds. The van der Waals surface area contributed by atoms with E-state index in [9.17, 15) is 18.0 Å². The maximum Gasteiger partial charge on any atom is 0.435 e. The summed E-state index contributed by atoms with van der Waals surface area (Å²) >= 11 is 0. The first kappa shape index (κ1) is 20.7. The van der Waals surface area contributed by atoms with Crippen molar-refractivity contribution in [2.24, 2.45) is 7.05 Å². The number of hydrogen-bond acceptors (Lipinski definition) is 4. The van der Waals surface area contributed by atoms with Gasteiger partial charge >= 0.3 is 6.18 Å². The van der Waals surface area contributed by atoms with Gasteiger partial charge in [-0.2, -0.15) is 23.4 Å². The first-order chi connectivity index (χ1) is 15.3. The summed E-state index contributed by atoms with van der Waals surface area (Å²) in [5.41, 5.74) is 2.51. The van der Waals surface area contributed by atoms with Crippen molar-refractivity contribution in [3.05, 3.63) is 53.2 Å². The van der Waals surface area contributed by atoms with Crippen molar-refractivity contribution in [2.75, 3.05) is 0 Å². The lowest BCUT2D eigenvalue weighted by atomic mass is 9.82. The van der Waals surface area contributed by atoms with Crippen LogP contribution >= 0.6 is 0 Å². The number of nitrogens with zero attached hydrogens (tertiary/aromatic N) is 5. The van der Waals surface area contributed by atoms with Crippen LogP contribution in [0.3, 0.4) is 0 Å². The lowest BCUT2D eigenvalue weighted by Gasteiger charge is -2.24. The van der Waals surface area contributed by atoms with Crippen LogP contribution in [0, 0.1) is 0 Å². The van der Waals surface area contributed by atoms with E-state index in [-0.39, 0.29) is 11.7 Å². The van der Waals surface area contributed by atoms with Gasteiger partial charge in [0.2, 0.25) is 0 Å². The van der Waals surface area contributed by atoms with Crippen molar-refractivity contribution in [1.82, 2.24) is 29.9 Å². The van der Waals surface area contributed by atoms with Crippen LogP contribution in [0.25, 0.3) is 11.3 Å². The maximum absolute atomic E-state index is 12.9. The second-order valence-corrected chi connectivity index (χ2v) is 8.48. The SMILES string of the molecule is Cn1nc(C(F)(F)F)cc1C(=O)N[C@@H]1CCCn2nc(-c3ccnc(C4CCC4)c3)cc21. The van der Waals surface area contributed by atoms with Crippen molar-refractivity contribution in [3.8, 4) is 11.3 Å². The second kappa shape index (κ2) is 7.75. The minimum Gasteiger partial charge on any atom is -0.342 e. The number of nitrogens with one attached hydrogen (secondary N) is 1. The normalized spacial score (nSPS) is 18.8. The number of aromatic nitrogens is 5. The third-order valence-electron chi connectivity index (χ3n) is 6.34. The summed E-state index contributed by atoms with van der Waals surface area (Å²) in [4.78, 5) is 17.2. The second-order valence-electron chi connectivity index (χ2n) is 8.48. The molecule has 1 N–H and O–H groups in total. The maximum atomic E-state index is 12.9. The van der Waals surface area contributed by atoms with Crippen LogP contribution in [0.15, 0.2) is 30.5 Å². The van der Waals surface area contributed by atoms with Gasteiger partial charge in [-0.15, -0.1) is 0 Å². The first-order valence-corrected chi connectivity index (χ1v) is 10.8. The van der Waals surface area contributed by atoms with E-state index < -0.39 is 17.8 Å². The highest BCUT2D eigenvalue weighted by molar-refractivity contribution is 5.93. The molecule has 1 saturated carbocycles. The molecule has 0 unspecified atom stereocenters. The zero-order valence-corrected chi connectivity index (χ0v) is 17.6. The number of aryl methyl sites for hydroxylation is 2. The third-order valence-corrected chi connectivity index (χ3v) is 6.34. The van der Waals surface area contributed by atoms with Crippen molar-refractivity contribution in [1.29, 1.82) is 0 Å². The highest BCUT2D eigenvalue weighted by Crippen LogP contribution is 2.37. The Morgan fingerprint density at radius 1 is 1.12 bits per heavy atom. The number of carbonyl (C=O) groups excluding carboxylic acids is 1. The molecule has 1 aliphatic carbocycles. The smallest absolute Gasteiger partial charge is 0.342 e. The fourth-order valence-electron chi connectivity index (χ4n) is 4.36. The highest BCUT2D eigenvalue weighted by atomic mass is 19.4. The van der Waals surface area contributed by atoms with E-state index in [1.54, 1.807) is 6.20 Å². The van der Waals surface area contributed by atoms with Crippen molar-refractivity contribution >= 4 is 5.91 Å². The minimum absolute atomic E-state index is 0.131. The number of fused-ring (bicyclic) bond motifs is 1. The topological polar surface area (TPSA) is 77.6 Å². The summed E-state index contributed by atoms with van der Waals surface area (Å²) in [5, 5.41) is 11.0. The zero-order chi connectivity index (χ0) is 22.5. The number of halogens is 3. The van der Waals surface area contributed by atoms with Crippen LogP contribution in [0.2, 0.25) is 0 Å². The van der Waals surface area contributed by atoms with Crippen LogP contribution in [0.1, 0.15) is 71.6 Å². The van der Waals surface area contributed by atoms with Gasteiger partial charge in [-0.3, -0.25) is 19.1 Å². The third kappa shape index (κ3) is 3.78. The molecule has 10 heteroatoms. The Kier molecular flexibility index (Phi) is 5.02. The molecule has 0 saturated heterocycles. The van der Waals surface area contributed by atoms with Crippen molar-refractivity contribution in [3.63, 3.8) is 0 Å². The molecular weight excluding hydrogens is 421 g/mol. The Bertz CT molecular complexity index is 1160. The highest BCUT2D eigenvalue weighted by Gasteiger charge is 2.36. The Labute approximate surface area is 182 Å². The largest absolute Gasteiger partial charge is 0.435 e. The van der Waals surface area contributed by atoms with Crippen LogP contribution < -0.4 is 5.32 Å². The van der Waals surface area contributed by atoms with Gasteiger partial charge in [-0.1, -0.05) is 6.42 Å². The van der Waals surface area contributed by atoms with E-state index in [0.29, 0.717) is 12.3 Å². The van der Waals surface area contributed by atoms with E-state index in [4.69, 9.17) is 5.10 Å². The predicted molar refractivity (Wildman–Crippen MR) is 110 cm³/mol. The fourth-order valence-corrected chi connectivity index (χ4v) is 4.36. The quantitative estimate of drug-likeness (QED) is 0.653. The number of amides is 1. The van der Waals surface area contributed by atoms with Gasteiger partial charge in [0.25, 0.3) is 5.91 Å². The van der Waals surface area contributed by atoms with Gasteiger partial charge in [0, 0.05) is 43.0 Å². The van der Waals surface area contributed by atoms with Gasteiger partial charge in [0.1, 0.15) is 5.69 Å². The molecule has 0 bridgehead atoms. The van der Waals surface area contributed by atoms with E-state index >= 15 is 0 Å². The molecule has 168 valence electrons. The Balaban J connectivity index is 1.38. The van der Waals surface area contributed by atoms with Crippen molar-refractivity contribution in [2.45, 2.75) is 56.8 Å². The molecule has 5 rings (SSSR count). The summed E-state index contributed by atoms with van der Waals surface area (Å²) in [6.07, 6.45) is 2.26. The Morgan fingerprint density at radius 3 is 2.62 bits per heavy atom. The summed E-state index contributed by atoms with van der Waals surface area (Å²) in [5.74, 6) is -0.0763. The zero-order valence-electron chi connectivity index (χ0n) is 17.6. The molecule has 3 aromatic heterocycles. The molecule has 3 aromatic rings. The molecule has 1 aliphatic heterocycles. The van der Waals surface area contributed by atoms with E-state index in [2.05, 4.69) is 21.5 Å². The molecule has 7 nitrogen and oxygen atoms in total. The van der Waals surface area contributed by atoms with Gasteiger partial charge < -0.3 is 5.32 Å². The summed E-state index contributed by atoms with van der Waals surface area (Å²) < 4.78 is 41.7.